The van der Waals surface area contributed by atoms with Crippen LogP contribution in [-0.4, -0.2) is 21.3 Å². The first-order chi connectivity index (χ1) is 8.61. The Morgan fingerprint density at radius 1 is 1.44 bits per heavy atom. The number of pyridine rings is 1. The molecule has 0 spiro atoms. The third-order valence-electron chi connectivity index (χ3n) is 2.58. The van der Waals surface area contributed by atoms with E-state index >= 15 is 0 Å². The Morgan fingerprint density at radius 2 is 2.22 bits per heavy atom. The van der Waals surface area contributed by atoms with Crippen LogP contribution in [0.3, 0.4) is 0 Å². The first-order valence-electron chi connectivity index (χ1n) is 5.62. The van der Waals surface area contributed by atoms with Crippen LogP contribution in [0.15, 0.2) is 22.9 Å². The third kappa shape index (κ3) is 2.70. The standard InChI is InChI=1S/C12H15BrN4O/c1-8-11(3-4-14)12(17(2)16-8)18-10-5-9(13)6-15-7-10/h5-7H,3-4,14H2,1-2H3. The molecule has 0 aliphatic rings. The van der Waals surface area contributed by atoms with Crippen molar-refractivity contribution >= 4 is 15.9 Å². The van der Waals surface area contributed by atoms with Gasteiger partial charge in [0.05, 0.1) is 11.9 Å². The average molecular weight is 311 g/mol. The van der Waals surface area contributed by atoms with Crippen molar-refractivity contribution in [1.82, 2.24) is 14.8 Å². The van der Waals surface area contributed by atoms with Gasteiger partial charge in [-0.1, -0.05) is 0 Å². The van der Waals surface area contributed by atoms with E-state index in [0.29, 0.717) is 12.3 Å². The van der Waals surface area contributed by atoms with E-state index < -0.39 is 0 Å². The lowest BCUT2D eigenvalue weighted by Gasteiger charge is -2.08. The lowest BCUT2D eigenvalue weighted by Crippen LogP contribution is -2.05. The van der Waals surface area contributed by atoms with Gasteiger partial charge in [-0.2, -0.15) is 5.10 Å². The molecule has 0 aliphatic heterocycles. The summed E-state index contributed by atoms with van der Waals surface area (Å²) in [5.74, 6) is 1.39. The van der Waals surface area contributed by atoms with Crippen molar-refractivity contribution in [3.05, 3.63) is 34.2 Å². The van der Waals surface area contributed by atoms with Crippen LogP contribution < -0.4 is 10.5 Å². The fourth-order valence-corrected chi connectivity index (χ4v) is 2.14. The molecule has 2 heterocycles. The number of hydrogen-bond donors (Lipinski definition) is 1. The minimum atomic E-state index is 0.569. The molecule has 96 valence electrons. The summed E-state index contributed by atoms with van der Waals surface area (Å²) >= 11 is 3.36. The van der Waals surface area contributed by atoms with Crippen molar-refractivity contribution in [1.29, 1.82) is 0 Å². The quantitative estimate of drug-likeness (QED) is 0.940. The predicted molar refractivity (Wildman–Crippen MR) is 72.7 cm³/mol. The van der Waals surface area contributed by atoms with Crippen molar-refractivity contribution in [3.63, 3.8) is 0 Å². The molecule has 0 fully saturated rings. The van der Waals surface area contributed by atoms with Gasteiger partial charge >= 0.3 is 0 Å². The van der Waals surface area contributed by atoms with E-state index in [2.05, 4.69) is 26.0 Å². The normalized spacial score (nSPS) is 10.7. The van der Waals surface area contributed by atoms with Gasteiger partial charge in [-0.05, 0) is 41.9 Å². The largest absolute Gasteiger partial charge is 0.437 e. The van der Waals surface area contributed by atoms with Crippen LogP contribution in [0.25, 0.3) is 0 Å². The molecule has 6 heteroatoms. The fraction of sp³-hybridized carbons (Fsp3) is 0.333. The van der Waals surface area contributed by atoms with E-state index in [1.54, 1.807) is 17.1 Å². The highest BCUT2D eigenvalue weighted by molar-refractivity contribution is 9.10. The van der Waals surface area contributed by atoms with Crippen molar-refractivity contribution < 1.29 is 4.74 Å². The number of aryl methyl sites for hydroxylation is 2. The molecule has 0 unspecified atom stereocenters. The highest BCUT2D eigenvalue weighted by atomic mass is 79.9. The molecule has 0 aliphatic carbocycles. The van der Waals surface area contributed by atoms with Crippen molar-refractivity contribution in [2.45, 2.75) is 13.3 Å². The van der Waals surface area contributed by atoms with E-state index in [-0.39, 0.29) is 0 Å². The van der Waals surface area contributed by atoms with Gasteiger partial charge in [0.25, 0.3) is 0 Å². The van der Waals surface area contributed by atoms with Gasteiger partial charge in [0.1, 0.15) is 5.75 Å². The second kappa shape index (κ2) is 5.49. The summed E-state index contributed by atoms with van der Waals surface area (Å²) in [5.41, 5.74) is 7.60. The second-order valence-electron chi connectivity index (χ2n) is 3.97. The van der Waals surface area contributed by atoms with E-state index in [1.807, 2.05) is 20.0 Å². The van der Waals surface area contributed by atoms with Gasteiger partial charge in [-0.25, -0.2) is 4.68 Å². The van der Waals surface area contributed by atoms with Crippen LogP contribution in [-0.2, 0) is 13.5 Å². The lowest BCUT2D eigenvalue weighted by molar-refractivity contribution is 0.424. The number of hydrogen-bond acceptors (Lipinski definition) is 4. The van der Waals surface area contributed by atoms with Gasteiger partial charge < -0.3 is 10.5 Å². The molecule has 0 saturated carbocycles. The predicted octanol–water partition coefficient (Wildman–Crippen LogP) is 2.18. The Bertz CT molecular complexity index is 553. The molecule has 0 atom stereocenters. The number of aromatic nitrogens is 3. The number of nitrogens with zero attached hydrogens (tertiary/aromatic N) is 3. The maximum atomic E-state index is 5.85. The van der Waals surface area contributed by atoms with Crippen LogP contribution in [0.4, 0.5) is 0 Å². The lowest BCUT2D eigenvalue weighted by atomic mass is 10.2. The first-order valence-corrected chi connectivity index (χ1v) is 6.42. The summed E-state index contributed by atoms with van der Waals surface area (Å²) in [6.07, 6.45) is 4.12. The Kier molecular flexibility index (Phi) is 3.98. The molecule has 5 nitrogen and oxygen atoms in total. The summed E-state index contributed by atoms with van der Waals surface area (Å²) in [4.78, 5) is 4.07. The number of halogens is 1. The minimum absolute atomic E-state index is 0.569. The average Bonchev–Trinajstić information content (AvgIpc) is 2.57. The molecule has 0 saturated heterocycles. The molecule has 2 aromatic rings. The van der Waals surface area contributed by atoms with Crippen LogP contribution in [0.1, 0.15) is 11.3 Å². The van der Waals surface area contributed by atoms with E-state index in [1.165, 1.54) is 0 Å². The number of ether oxygens (including phenoxy) is 1. The first kappa shape index (κ1) is 13.0. The van der Waals surface area contributed by atoms with Crippen molar-refractivity contribution in [2.24, 2.45) is 12.8 Å². The molecule has 0 bridgehead atoms. The van der Waals surface area contributed by atoms with Gasteiger partial charge in [0, 0.05) is 23.3 Å². The summed E-state index contributed by atoms with van der Waals surface area (Å²) in [5, 5.41) is 4.35. The Balaban J connectivity index is 2.33. The Hall–Kier alpha value is -1.40. The van der Waals surface area contributed by atoms with Gasteiger partial charge in [-0.3, -0.25) is 4.98 Å². The molecule has 0 amide bonds. The maximum Gasteiger partial charge on any atom is 0.221 e. The Labute approximate surface area is 114 Å². The number of rotatable bonds is 4. The molecule has 0 radical (unpaired) electrons. The highest BCUT2D eigenvalue weighted by Crippen LogP contribution is 2.28. The van der Waals surface area contributed by atoms with E-state index in [4.69, 9.17) is 10.5 Å². The molecule has 2 rings (SSSR count). The minimum Gasteiger partial charge on any atom is -0.437 e. The van der Waals surface area contributed by atoms with Crippen molar-refractivity contribution in [2.75, 3.05) is 6.54 Å². The topological polar surface area (TPSA) is 66.0 Å². The van der Waals surface area contributed by atoms with Crippen LogP contribution in [0.5, 0.6) is 11.6 Å². The van der Waals surface area contributed by atoms with E-state index in [0.717, 1.165) is 28.0 Å². The van der Waals surface area contributed by atoms with Crippen LogP contribution in [0.2, 0.25) is 0 Å². The summed E-state index contributed by atoms with van der Waals surface area (Å²) in [7, 11) is 1.85. The fourth-order valence-electron chi connectivity index (χ4n) is 1.80. The van der Waals surface area contributed by atoms with Crippen molar-refractivity contribution in [3.8, 4) is 11.6 Å². The van der Waals surface area contributed by atoms with Gasteiger partial charge in [0.15, 0.2) is 0 Å². The zero-order valence-electron chi connectivity index (χ0n) is 10.4. The molecule has 18 heavy (non-hydrogen) atoms. The zero-order valence-corrected chi connectivity index (χ0v) is 11.9. The molecular formula is C12H15BrN4O. The van der Waals surface area contributed by atoms with Gasteiger partial charge in [0.2, 0.25) is 5.88 Å². The number of nitrogens with two attached hydrogens (primary N) is 1. The summed E-state index contributed by atoms with van der Waals surface area (Å²) in [6.45, 7) is 2.52. The third-order valence-corrected chi connectivity index (χ3v) is 3.01. The molecule has 2 N–H and O–H groups in total. The Morgan fingerprint density at radius 3 is 2.89 bits per heavy atom. The van der Waals surface area contributed by atoms with Crippen LogP contribution in [0, 0.1) is 6.92 Å². The SMILES string of the molecule is Cc1nn(C)c(Oc2cncc(Br)c2)c1CCN. The molecular weight excluding hydrogens is 296 g/mol. The zero-order chi connectivity index (χ0) is 13.1. The monoisotopic (exact) mass is 310 g/mol. The van der Waals surface area contributed by atoms with E-state index in [9.17, 15) is 0 Å². The molecule has 0 aromatic carbocycles. The smallest absolute Gasteiger partial charge is 0.221 e. The summed E-state index contributed by atoms with van der Waals surface area (Å²) in [6, 6.07) is 1.86. The second-order valence-corrected chi connectivity index (χ2v) is 4.89. The maximum absolute atomic E-state index is 5.85. The van der Waals surface area contributed by atoms with Gasteiger partial charge in [-0.15, -0.1) is 0 Å². The van der Waals surface area contributed by atoms with Crippen LogP contribution >= 0.6 is 15.9 Å². The highest BCUT2D eigenvalue weighted by Gasteiger charge is 2.14. The summed E-state index contributed by atoms with van der Waals surface area (Å²) < 4.78 is 8.44. The molecule has 2 aromatic heterocycles.